The molecule has 0 bridgehead atoms. The molecule has 114 valence electrons. The quantitative estimate of drug-likeness (QED) is 0.813. The fourth-order valence-electron chi connectivity index (χ4n) is 2.49. The average Bonchev–Trinajstić information content (AvgIpc) is 2.65. The summed E-state index contributed by atoms with van der Waals surface area (Å²) in [6.07, 6.45) is 1.75. The summed E-state index contributed by atoms with van der Waals surface area (Å²) in [6, 6.07) is 0. The lowest BCUT2D eigenvalue weighted by molar-refractivity contribution is 0.0616. The highest BCUT2D eigenvalue weighted by Gasteiger charge is 2.42. The SMILES string of the molecule is CCNCC1(CCS(=O)(=O)C(C)(C)C)CCOC1C. The lowest BCUT2D eigenvalue weighted by atomic mass is 9.79. The fourth-order valence-corrected chi connectivity index (χ4v) is 3.77. The summed E-state index contributed by atoms with van der Waals surface area (Å²) in [5, 5.41) is 3.36. The van der Waals surface area contributed by atoms with Crippen molar-refractivity contribution >= 4 is 9.84 Å². The predicted molar refractivity (Wildman–Crippen MR) is 79.2 cm³/mol. The maximum absolute atomic E-state index is 12.3. The zero-order chi connectivity index (χ0) is 14.7. The summed E-state index contributed by atoms with van der Waals surface area (Å²) in [5.41, 5.74) is -0.0334. The highest BCUT2D eigenvalue weighted by atomic mass is 32.2. The Labute approximate surface area is 118 Å². The lowest BCUT2D eigenvalue weighted by Gasteiger charge is -2.33. The minimum Gasteiger partial charge on any atom is -0.378 e. The van der Waals surface area contributed by atoms with Crippen molar-refractivity contribution in [2.24, 2.45) is 5.41 Å². The first kappa shape index (κ1) is 16.9. The molecule has 1 aliphatic heterocycles. The highest BCUT2D eigenvalue weighted by Crippen LogP contribution is 2.38. The Morgan fingerprint density at radius 1 is 1.37 bits per heavy atom. The first-order valence-electron chi connectivity index (χ1n) is 7.19. The minimum absolute atomic E-state index is 0.0334. The smallest absolute Gasteiger partial charge is 0.155 e. The summed E-state index contributed by atoms with van der Waals surface area (Å²) in [4.78, 5) is 0. The topological polar surface area (TPSA) is 55.4 Å². The van der Waals surface area contributed by atoms with Crippen LogP contribution in [0.4, 0.5) is 0 Å². The largest absolute Gasteiger partial charge is 0.378 e. The first-order valence-corrected chi connectivity index (χ1v) is 8.84. The van der Waals surface area contributed by atoms with Crippen LogP contribution >= 0.6 is 0 Å². The standard InChI is InChI=1S/C14H29NO3S/c1-6-15-11-14(7-9-18-12(14)2)8-10-19(16,17)13(3,4)5/h12,15H,6-11H2,1-5H3. The Kier molecular flexibility index (Phi) is 5.43. The molecule has 19 heavy (non-hydrogen) atoms. The Morgan fingerprint density at radius 2 is 2.00 bits per heavy atom. The zero-order valence-corrected chi connectivity index (χ0v) is 13.8. The molecule has 2 atom stereocenters. The van der Waals surface area contributed by atoms with E-state index in [4.69, 9.17) is 4.74 Å². The van der Waals surface area contributed by atoms with Gasteiger partial charge in [0.25, 0.3) is 0 Å². The van der Waals surface area contributed by atoms with Crippen LogP contribution in [0.2, 0.25) is 0 Å². The van der Waals surface area contributed by atoms with Gasteiger partial charge in [-0.25, -0.2) is 8.42 Å². The molecule has 0 saturated carbocycles. The van der Waals surface area contributed by atoms with Gasteiger partial charge in [-0.1, -0.05) is 6.92 Å². The Hall–Kier alpha value is -0.130. The van der Waals surface area contributed by atoms with E-state index in [2.05, 4.69) is 19.2 Å². The molecular weight excluding hydrogens is 262 g/mol. The van der Waals surface area contributed by atoms with Crippen LogP contribution < -0.4 is 5.32 Å². The molecule has 1 heterocycles. The third-order valence-electron chi connectivity index (χ3n) is 4.36. The first-order chi connectivity index (χ1) is 8.65. The summed E-state index contributed by atoms with van der Waals surface area (Å²) >= 11 is 0. The monoisotopic (exact) mass is 291 g/mol. The van der Waals surface area contributed by atoms with Crippen molar-refractivity contribution in [2.75, 3.05) is 25.4 Å². The van der Waals surface area contributed by atoms with Crippen molar-refractivity contribution in [3.05, 3.63) is 0 Å². The van der Waals surface area contributed by atoms with Crippen LogP contribution in [0.1, 0.15) is 47.5 Å². The van der Waals surface area contributed by atoms with E-state index >= 15 is 0 Å². The fraction of sp³-hybridized carbons (Fsp3) is 1.00. The molecule has 1 N–H and O–H groups in total. The van der Waals surface area contributed by atoms with E-state index in [9.17, 15) is 8.42 Å². The molecular formula is C14H29NO3S. The van der Waals surface area contributed by atoms with E-state index in [1.54, 1.807) is 20.8 Å². The van der Waals surface area contributed by atoms with Crippen molar-refractivity contribution in [2.45, 2.75) is 58.3 Å². The van der Waals surface area contributed by atoms with E-state index in [-0.39, 0.29) is 17.3 Å². The van der Waals surface area contributed by atoms with Crippen LogP contribution in [-0.4, -0.2) is 44.7 Å². The zero-order valence-electron chi connectivity index (χ0n) is 13.0. The molecule has 2 unspecified atom stereocenters. The van der Waals surface area contributed by atoms with Crippen LogP contribution in [0.3, 0.4) is 0 Å². The summed E-state index contributed by atoms with van der Waals surface area (Å²) in [7, 11) is -3.06. The third kappa shape index (κ3) is 3.92. The molecule has 1 aliphatic rings. The van der Waals surface area contributed by atoms with Crippen LogP contribution in [0.5, 0.6) is 0 Å². The minimum atomic E-state index is -3.06. The van der Waals surface area contributed by atoms with Gasteiger partial charge in [0.1, 0.15) is 0 Å². The van der Waals surface area contributed by atoms with Crippen LogP contribution in [0.15, 0.2) is 0 Å². The van der Waals surface area contributed by atoms with Crippen molar-refractivity contribution in [1.82, 2.24) is 5.32 Å². The molecule has 1 saturated heterocycles. The van der Waals surface area contributed by atoms with Crippen LogP contribution in [-0.2, 0) is 14.6 Å². The molecule has 0 aromatic carbocycles. The second-order valence-electron chi connectivity index (χ2n) is 6.59. The highest BCUT2D eigenvalue weighted by molar-refractivity contribution is 7.92. The molecule has 0 aliphatic carbocycles. The predicted octanol–water partition coefficient (Wildman–Crippen LogP) is 1.99. The average molecular weight is 291 g/mol. The van der Waals surface area contributed by atoms with Crippen molar-refractivity contribution in [3.63, 3.8) is 0 Å². The van der Waals surface area contributed by atoms with E-state index in [0.717, 1.165) is 26.1 Å². The van der Waals surface area contributed by atoms with Crippen molar-refractivity contribution in [1.29, 1.82) is 0 Å². The van der Waals surface area contributed by atoms with Crippen LogP contribution in [0, 0.1) is 5.41 Å². The number of sulfone groups is 1. The number of hydrogen-bond acceptors (Lipinski definition) is 4. The summed E-state index contributed by atoms with van der Waals surface area (Å²) < 4.78 is 29.6. The maximum atomic E-state index is 12.3. The molecule has 0 aromatic rings. The maximum Gasteiger partial charge on any atom is 0.155 e. The van der Waals surface area contributed by atoms with E-state index < -0.39 is 14.6 Å². The number of rotatable bonds is 6. The normalized spacial score (nSPS) is 28.8. The van der Waals surface area contributed by atoms with Gasteiger partial charge in [0, 0.05) is 18.6 Å². The summed E-state index contributed by atoms with van der Waals surface area (Å²) in [6.45, 7) is 11.9. The number of ether oxygens (including phenoxy) is 1. The molecule has 5 heteroatoms. The second kappa shape index (κ2) is 6.10. The Balaban J connectivity index is 2.75. The Bertz CT molecular complexity index is 386. The molecule has 0 aromatic heterocycles. The van der Waals surface area contributed by atoms with E-state index in [0.29, 0.717) is 6.42 Å². The van der Waals surface area contributed by atoms with Gasteiger partial charge in [-0.15, -0.1) is 0 Å². The van der Waals surface area contributed by atoms with Gasteiger partial charge in [-0.3, -0.25) is 0 Å². The van der Waals surface area contributed by atoms with Gasteiger partial charge in [0.05, 0.1) is 16.6 Å². The summed E-state index contributed by atoms with van der Waals surface area (Å²) in [5.74, 6) is 0.246. The Morgan fingerprint density at radius 3 is 2.42 bits per heavy atom. The third-order valence-corrected chi connectivity index (χ3v) is 6.97. The van der Waals surface area contributed by atoms with Gasteiger partial charge in [-0.05, 0) is 47.1 Å². The van der Waals surface area contributed by atoms with Gasteiger partial charge < -0.3 is 10.1 Å². The van der Waals surface area contributed by atoms with Gasteiger partial charge in [0.2, 0.25) is 0 Å². The van der Waals surface area contributed by atoms with Crippen molar-refractivity contribution in [3.8, 4) is 0 Å². The molecule has 1 fully saturated rings. The molecule has 0 spiro atoms. The van der Waals surface area contributed by atoms with Crippen molar-refractivity contribution < 1.29 is 13.2 Å². The molecule has 4 nitrogen and oxygen atoms in total. The number of nitrogens with one attached hydrogen (secondary N) is 1. The van der Waals surface area contributed by atoms with E-state index in [1.807, 2.05) is 0 Å². The molecule has 1 rings (SSSR count). The second-order valence-corrected chi connectivity index (χ2v) is 9.45. The van der Waals surface area contributed by atoms with Gasteiger partial charge >= 0.3 is 0 Å². The van der Waals surface area contributed by atoms with Gasteiger partial charge in [-0.2, -0.15) is 0 Å². The van der Waals surface area contributed by atoms with Crippen LogP contribution in [0.25, 0.3) is 0 Å². The molecule has 0 amide bonds. The lowest BCUT2D eigenvalue weighted by Crippen LogP contribution is -2.42. The van der Waals surface area contributed by atoms with E-state index in [1.165, 1.54) is 0 Å². The molecule has 0 radical (unpaired) electrons. The number of hydrogen-bond donors (Lipinski definition) is 1. The van der Waals surface area contributed by atoms with Gasteiger partial charge in [0.15, 0.2) is 9.84 Å².